The lowest BCUT2D eigenvalue weighted by atomic mass is 10.1. The molecule has 0 atom stereocenters. The fraction of sp³-hybridized carbons (Fsp3) is 0.250. The van der Waals surface area contributed by atoms with Crippen molar-refractivity contribution < 1.29 is 14.3 Å². The third-order valence-electron chi connectivity index (χ3n) is 1.44. The number of carbonyl (C=O) groups is 1. The van der Waals surface area contributed by atoms with Gasteiger partial charge in [0.15, 0.2) is 0 Å². The van der Waals surface area contributed by atoms with Gasteiger partial charge in [0.25, 0.3) is 0 Å². The zero-order valence-electron chi connectivity index (χ0n) is 6.33. The molecule has 0 saturated carbocycles. The van der Waals surface area contributed by atoms with Crippen LogP contribution >= 0.6 is 0 Å². The summed E-state index contributed by atoms with van der Waals surface area (Å²) in [6.07, 6.45) is 1.46. The second-order valence-electron chi connectivity index (χ2n) is 2.35. The highest BCUT2D eigenvalue weighted by Crippen LogP contribution is 2.05. The number of aliphatic carboxylic acids is 1. The highest BCUT2D eigenvalue weighted by molar-refractivity contribution is 5.67. The van der Waals surface area contributed by atoms with E-state index in [0.717, 1.165) is 0 Å². The van der Waals surface area contributed by atoms with Gasteiger partial charge >= 0.3 is 5.97 Å². The molecule has 4 heteroatoms. The van der Waals surface area contributed by atoms with E-state index in [1.807, 2.05) is 0 Å². The predicted octanol–water partition coefficient (Wildman–Crippen LogP) is 1.24. The Kier molecular flexibility index (Phi) is 2.74. The Morgan fingerprint density at radius 1 is 1.67 bits per heavy atom. The van der Waals surface area contributed by atoms with Gasteiger partial charge in [0, 0.05) is 18.2 Å². The highest BCUT2D eigenvalue weighted by Gasteiger charge is 2.03. The smallest absolute Gasteiger partial charge is 0.303 e. The molecule has 12 heavy (non-hydrogen) atoms. The van der Waals surface area contributed by atoms with Crippen molar-refractivity contribution in [3.05, 3.63) is 29.8 Å². The Balaban J connectivity index is 2.63. The van der Waals surface area contributed by atoms with Crippen LogP contribution in [0.2, 0.25) is 0 Å². The molecule has 0 unspecified atom stereocenters. The molecule has 0 fully saturated rings. The van der Waals surface area contributed by atoms with Gasteiger partial charge in [-0.2, -0.15) is 4.39 Å². The second kappa shape index (κ2) is 3.80. The molecule has 0 amide bonds. The molecule has 1 heterocycles. The minimum absolute atomic E-state index is 0.0669. The van der Waals surface area contributed by atoms with E-state index in [2.05, 4.69) is 4.98 Å². The number of aromatic nitrogens is 1. The maximum absolute atomic E-state index is 12.7. The minimum Gasteiger partial charge on any atom is -0.481 e. The van der Waals surface area contributed by atoms with Gasteiger partial charge in [0.2, 0.25) is 5.95 Å². The largest absolute Gasteiger partial charge is 0.481 e. The van der Waals surface area contributed by atoms with Gasteiger partial charge in [0.1, 0.15) is 0 Å². The van der Waals surface area contributed by atoms with E-state index in [9.17, 15) is 9.18 Å². The zero-order chi connectivity index (χ0) is 8.97. The summed E-state index contributed by atoms with van der Waals surface area (Å²) in [4.78, 5) is 13.5. The van der Waals surface area contributed by atoms with Gasteiger partial charge in [-0.05, 0) is 12.5 Å². The van der Waals surface area contributed by atoms with E-state index in [-0.39, 0.29) is 12.8 Å². The van der Waals surface area contributed by atoms with Crippen LogP contribution in [-0.4, -0.2) is 16.1 Å². The van der Waals surface area contributed by atoms with Crippen molar-refractivity contribution in [1.29, 1.82) is 0 Å². The SMILES string of the molecule is O=C(O)CCc1cccnc1F. The summed E-state index contributed by atoms with van der Waals surface area (Å²) in [5.41, 5.74) is 0.347. The summed E-state index contributed by atoms with van der Waals surface area (Å²) in [6.45, 7) is 0. The number of hydrogen-bond donors (Lipinski definition) is 1. The molecule has 1 N–H and O–H groups in total. The lowest BCUT2D eigenvalue weighted by molar-refractivity contribution is -0.136. The predicted molar refractivity (Wildman–Crippen MR) is 40.2 cm³/mol. The van der Waals surface area contributed by atoms with Gasteiger partial charge in [-0.1, -0.05) is 6.07 Å². The first-order chi connectivity index (χ1) is 5.70. The summed E-state index contributed by atoms with van der Waals surface area (Å²) < 4.78 is 12.7. The van der Waals surface area contributed by atoms with Gasteiger partial charge < -0.3 is 5.11 Å². The molecule has 64 valence electrons. The second-order valence-corrected chi connectivity index (χ2v) is 2.35. The Hall–Kier alpha value is -1.45. The number of hydrogen-bond acceptors (Lipinski definition) is 2. The van der Waals surface area contributed by atoms with E-state index in [1.54, 1.807) is 6.07 Å². The van der Waals surface area contributed by atoms with Gasteiger partial charge in [-0.25, -0.2) is 4.98 Å². The fourth-order valence-corrected chi connectivity index (χ4v) is 0.847. The molecule has 3 nitrogen and oxygen atoms in total. The summed E-state index contributed by atoms with van der Waals surface area (Å²) in [7, 11) is 0. The van der Waals surface area contributed by atoms with E-state index in [1.165, 1.54) is 12.3 Å². The highest BCUT2D eigenvalue weighted by atomic mass is 19.1. The molecule has 0 bridgehead atoms. The van der Waals surface area contributed by atoms with Crippen LogP contribution in [0.3, 0.4) is 0 Å². The van der Waals surface area contributed by atoms with Crippen LogP contribution in [0.15, 0.2) is 18.3 Å². The molecule has 0 aliphatic heterocycles. The Bertz CT molecular complexity index is 288. The molecule has 1 aromatic heterocycles. The number of carboxylic acid groups (broad SMARTS) is 1. The topological polar surface area (TPSA) is 50.2 Å². The van der Waals surface area contributed by atoms with Crippen molar-refractivity contribution >= 4 is 5.97 Å². The number of carboxylic acids is 1. The van der Waals surface area contributed by atoms with Gasteiger partial charge in [-0.3, -0.25) is 4.79 Å². The van der Waals surface area contributed by atoms with Crippen LogP contribution in [-0.2, 0) is 11.2 Å². The van der Waals surface area contributed by atoms with Crippen LogP contribution in [0.25, 0.3) is 0 Å². The normalized spacial score (nSPS) is 9.75. The van der Waals surface area contributed by atoms with E-state index < -0.39 is 11.9 Å². The Labute approximate surface area is 68.9 Å². The van der Waals surface area contributed by atoms with Crippen molar-refractivity contribution in [2.75, 3.05) is 0 Å². The number of pyridine rings is 1. The summed E-state index contributed by atoms with van der Waals surface area (Å²) in [5.74, 6) is -1.52. The lowest BCUT2D eigenvalue weighted by Crippen LogP contribution is -2.00. The fourth-order valence-electron chi connectivity index (χ4n) is 0.847. The standard InChI is InChI=1S/C8H8FNO2/c9-8-6(2-1-5-10-8)3-4-7(11)12/h1-2,5H,3-4H2,(H,11,12). The molecule has 1 aromatic rings. The third kappa shape index (κ3) is 2.30. The molecule has 1 rings (SSSR count). The maximum atomic E-state index is 12.7. The van der Waals surface area contributed by atoms with Crippen LogP contribution in [0, 0.1) is 5.95 Å². The molecule has 0 radical (unpaired) electrons. The molecule has 0 aliphatic rings. The number of rotatable bonds is 3. The lowest BCUT2D eigenvalue weighted by Gasteiger charge is -1.97. The molecular formula is C8H8FNO2. The van der Waals surface area contributed by atoms with Crippen molar-refractivity contribution in [3.8, 4) is 0 Å². The molecule has 0 saturated heterocycles. The first kappa shape index (κ1) is 8.64. The minimum atomic E-state index is -0.932. The number of nitrogens with zero attached hydrogens (tertiary/aromatic N) is 1. The number of aryl methyl sites for hydroxylation is 1. The van der Waals surface area contributed by atoms with Crippen LogP contribution in [0.1, 0.15) is 12.0 Å². The zero-order valence-corrected chi connectivity index (χ0v) is 6.33. The van der Waals surface area contributed by atoms with Crippen molar-refractivity contribution in [2.45, 2.75) is 12.8 Å². The van der Waals surface area contributed by atoms with Crippen molar-refractivity contribution in [2.24, 2.45) is 0 Å². The monoisotopic (exact) mass is 169 g/mol. The molecule has 0 aliphatic carbocycles. The van der Waals surface area contributed by atoms with Crippen molar-refractivity contribution in [1.82, 2.24) is 4.98 Å². The van der Waals surface area contributed by atoms with E-state index in [0.29, 0.717) is 5.56 Å². The first-order valence-electron chi connectivity index (χ1n) is 3.51. The molecule has 0 spiro atoms. The maximum Gasteiger partial charge on any atom is 0.303 e. The average molecular weight is 169 g/mol. The van der Waals surface area contributed by atoms with Crippen LogP contribution < -0.4 is 0 Å². The van der Waals surface area contributed by atoms with E-state index in [4.69, 9.17) is 5.11 Å². The third-order valence-corrected chi connectivity index (χ3v) is 1.44. The molecular weight excluding hydrogens is 161 g/mol. The van der Waals surface area contributed by atoms with Gasteiger partial charge in [-0.15, -0.1) is 0 Å². The van der Waals surface area contributed by atoms with Crippen LogP contribution in [0.4, 0.5) is 4.39 Å². The average Bonchev–Trinajstić information content (AvgIpc) is 2.03. The van der Waals surface area contributed by atoms with Crippen LogP contribution in [0.5, 0.6) is 0 Å². The Morgan fingerprint density at radius 2 is 2.42 bits per heavy atom. The summed E-state index contributed by atoms with van der Waals surface area (Å²) in [5, 5.41) is 8.32. The number of halogens is 1. The van der Waals surface area contributed by atoms with E-state index >= 15 is 0 Å². The quantitative estimate of drug-likeness (QED) is 0.692. The Morgan fingerprint density at radius 3 is 3.00 bits per heavy atom. The van der Waals surface area contributed by atoms with Gasteiger partial charge in [0.05, 0.1) is 0 Å². The van der Waals surface area contributed by atoms with Crippen molar-refractivity contribution in [3.63, 3.8) is 0 Å². The summed E-state index contributed by atoms with van der Waals surface area (Å²) in [6, 6.07) is 3.12. The first-order valence-corrected chi connectivity index (χ1v) is 3.51. The molecule has 0 aromatic carbocycles. The summed E-state index contributed by atoms with van der Waals surface area (Å²) >= 11 is 0.